The summed E-state index contributed by atoms with van der Waals surface area (Å²) in [6.07, 6.45) is 7.14. The van der Waals surface area contributed by atoms with Crippen LogP contribution in [0.25, 0.3) is 0 Å². The number of nitrogens with zero attached hydrogens (tertiary/aromatic N) is 1. The van der Waals surface area contributed by atoms with Crippen LogP contribution in [-0.2, 0) is 6.54 Å². The van der Waals surface area contributed by atoms with Crippen LogP contribution in [0.2, 0.25) is 0 Å². The van der Waals surface area contributed by atoms with Crippen LogP contribution in [0.15, 0.2) is 21.2 Å². The molecule has 2 N–H and O–H groups in total. The number of aromatic nitrogens is 1. The van der Waals surface area contributed by atoms with Crippen molar-refractivity contribution in [2.75, 3.05) is 6.54 Å². The lowest BCUT2D eigenvalue weighted by Gasteiger charge is -2.32. The van der Waals surface area contributed by atoms with Crippen LogP contribution in [0, 0.1) is 0 Å². The van der Waals surface area contributed by atoms with E-state index in [0.717, 1.165) is 40.3 Å². The van der Waals surface area contributed by atoms with Gasteiger partial charge in [0.1, 0.15) is 0 Å². The van der Waals surface area contributed by atoms with Gasteiger partial charge < -0.3 is 10.4 Å². The summed E-state index contributed by atoms with van der Waals surface area (Å²) >= 11 is 6.87. The molecule has 1 saturated carbocycles. The van der Waals surface area contributed by atoms with Crippen molar-refractivity contribution in [2.24, 2.45) is 0 Å². The lowest BCUT2D eigenvalue weighted by molar-refractivity contribution is 0.00461. The Morgan fingerprint density at radius 3 is 2.67 bits per heavy atom. The molecule has 0 bridgehead atoms. The van der Waals surface area contributed by atoms with Crippen molar-refractivity contribution >= 4 is 31.9 Å². The molecule has 0 saturated heterocycles. The van der Waals surface area contributed by atoms with Crippen molar-refractivity contribution in [1.29, 1.82) is 0 Å². The Labute approximate surface area is 125 Å². The molecule has 0 aliphatic heterocycles. The maximum absolute atomic E-state index is 10.4. The summed E-state index contributed by atoms with van der Waals surface area (Å²) in [5.41, 5.74) is 0.456. The monoisotopic (exact) mass is 376 g/mol. The van der Waals surface area contributed by atoms with Gasteiger partial charge in [-0.3, -0.25) is 4.98 Å². The predicted octanol–water partition coefficient (Wildman–Crippen LogP) is 3.39. The molecule has 1 aliphatic rings. The summed E-state index contributed by atoms with van der Waals surface area (Å²) in [4.78, 5) is 4.35. The first kappa shape index (κ1) is 14.4. The second kappa shape index (κ2) is 6.46. The molecule has 1 aromatic heterocycles. The Morgan fingerprint density at radius 1 is 1.28 bits per heavy atom. The fourth-order valence-corrected chi connectivity index (χ4v) is 3.50. The second-order valence-electron chi connectivity index (χ2n) is 4.97. The van der Waals surface area contributed by atoms with E-state index in [-0.39, 0.29) is 0 Å². The highest BCUT2D eigenvalue weighted by Crippen LogP contribution is 2.27. The minimum atomic E-state index is -0.514. The van der Waals surface area contributed by atoms with Gasteiger partial charge in [0, 0.05) is 28.2 Å². The fraction of sp³-hybridized carbons (Fsp3) is 0.615. The Hall–Kier alpha value is 0.0300. The molecule has 0 unspecified atom stereocenters. The molecular weight excluding hydrogens is 360 g/mol. The van der Waals surface area contributed by atoms with Crippen molar-refractivity contribution in [3.05, 3.63) is 26.9 Å². The van der Waals surface area contributed by atoms with Crippen molar-refractivity contribution < 1.29 is 5.11 Å². The van der Waals surface area contributed by atoms with Gasteiger partial charge in [0.25, 0.3) is 0 Å². The van der Waals surface area contributed by atoms with E-state index in [1.54, 1.807) is 6.20 Å². The summed E-state index contributed by atoms with van der Waals surface area (Å²) in [7, 11) is 0. The zero-order valence-electron chi connectivity index (χ0n) is 10.3. The normalized spacial score (nSPS) is 18.8. The molecule has 18 heavy (non-hydrogen) atoms. The zero-order valence-corrected chi connectivity index (χ0v) is 13.4. The van der Waals surface area contributed by atoms with Gasteiger partial charge in [-0.15, -0.1) is 0 Å². The Kier molecular flexibility index (Phi) is 5.18. The van der Waals surface area contributed by atoms with E-state index in [1.165, 1.54) is 6.42 Å². The zero-order chi connectivity index (χ0) is 13.0. The van der Waals surface area contributed by atoms with Gasteiger partial charge in [0.15, 0.2) is 0 Å². The molecule has 0 radical (unpaired) electrons. The van der Waals surface area contributed by atoms with Crippen molar-refractivity contribution in [2.45, 2.75) is 44.2 Å². The first-order chi connectivity index (χ1) is 8.59. The van der Waals surface area contributed by atoms with Crippen LogP contribution in [0.4, 0.5) is 0 Å². The number of halogens is 2. The SMILES string of the molecule is OC1(CNCc2ncc(Br)cc2Br)CCCCC1. The molecule has 0 spiro atoms. The van der Waals surface area contributed by atoms with Gasteiger partial charge in [0.05, 0.1) is 11.3 Å². The highest BCUT2D eigenvalue weighted by atomic mass is 79.9. The third kappa shape index (κ3) is 4.02. The third-order valence-corrected chi connectivity index (χ3v) is 4.54. The van der Waals surface area contributed by atoms with Gasteiger partial charge in [0.2, 0.25) is 0 Å². The van der Waals surface area contributed by atoms with Crippen LogP contribution in [0.5, 0.6) is 0 Å². The fourth-order valence-electron chi connectivity index (χ4n) is 2.37. The largest absolute Gasteiger partial charge is 0.389 e. The molecular formula is C13H18Br2N2O. The first-order valence-corrected chi connectivity index (χ1v) is 7.91. The van der Waals surface area contributed by atoms with Crippen molar-refractivity contribution in [3.8, 4) is 0 Å². The molecule has 1 aliphatic carbocycles. The molecule has 1 fully saturated rings. The average molecular weight is 378 g/mol. The molecule has 0 amide bonds. The Balaban J connectivity index is 1.84. The van der Waals surface area contributed by atoms with Crippen molar-refractivity contribution in [3.63, 3.8) is 0 Å². The molecule has 0 aromatic carbocycles. The predicted molar refractivity (Wildman–Crippen MR) is 79.4 cm³/mol. The van der Waals surface area contributed by atoms with Crippen LogP contribution < -0.4 is 5.32 Å². The second-order valence-corrected chi connectivity index (χ2v) is 6.74. The van der Waals surface area contributed by atoms with Gasteiger partial charge in [-0.05, 0) is 50.8 Å². The summed E-state index contributed by atoms with van der Waals surface area (Å²) in [6.45, 7) is 1.33. The quantitative estimate of drug-likeness (QED) is 0.845. The number of hydrogen-bond acceptors (Lipinski definition) is 3. The average Bonchev–Trinajstić information content (AvgIpc) is 2.33. The number of hydrogen-bond donors (Lipinski definition) is 2. The highest BCUT2D eigenvalue weighted by molar-refractivity contribution is 9.11. The van der Waals surface area contributed by atoms with Crippen LogP contribution in [0.1, 0.15) is 37.8 Å². The van der Waals surface area contributed by atoms with Gasteiger partial charge in [-0.2, -0.15) is 0 Å². The maximum Gasteiger partial charge on any atom is 0.0771 e. The standard InChI is InChI=1S/C13H18Br2N2O/c14-10-6-11(15)12(17-7-10)8-16-9-13(18)4-2-1-3-5-13/h6-7,16,18H,1-5,8-9H2. The van der Waals surface area contributed by atoms with E-state index < -0.39 is 5.60 Å². The number of pyridine rings is 1. The van der Waals surface area contributed by atoms with Gasteiger partial charge in [-0.25, -0.2) is 0 Å². The smallest absolute Gasteiger partial charge is 0.0771 e. The van der Waals surface area contributed by atoms with E-state index in [2.05, 4.69) is 42.2 Å². The van der Waals surface area contributed by atoms with Gasteiger partial charge in [-0.1, -0.05) is 19.3 Å². The molecule has 3 nitrogen and oxygen atoms in total. The minimum absolute atomic E-state index is 0.514. The van der Waals surface area contributed by atoms with E-state index in [1.807, 2.05) is 6.07 Å². The van der Waals surface area contributed by atoms with E-state index in [9.17, 15) is 5.11 Å². The van der Waals surface area contributed by atoms with Crippen molar-refractivity contribution in [1.82, 2.24) is 10.3 Å². The summed E-state index contributed by atoms with van der Waals surface area (Å²) in [5, 5.41) is 13.7. The Bertz CT molecular complexity index is 406. The molecule has 1 heterocycles. The highest BCUT2D eigenvalue weighted by Gasteiger charge is 2.28. The lowest BCUT2D eigenvalue weighted by atomic mass is 9.85. The topological polar surface area (TPSA) is 45.1 Å². The molecule has 1 aromatic rings. The van der Waals surface area contributed by atoms with Crippen LogP contribution in [-0.4, -0.2) is 22.2 Å². The van der Waals surface area contributed by atoms with Crippen LogP contribution >= 0.6 is 31.9 Å². The first-order valence-electron chi connectivity index (χ1n) is 6.32. The molecule has 5 heteroatoms. The maximum atomic E-state index is 10.4. The third-order valence-electron chi connectivity index (χ3n) is 3.41. The molecule has 100 valence electrons. The van der Waals surface area contributed by atoms with E-state index >= 15 is 0 Å². The number of nitrogens with one attached hydrogen (secondary N) is 1. The van der Waals surface area contributed by atoms with Gasteiger partial charge >= 0.3 is 0 Å². The molecule has 0 atom stereocenters. The number of rotatable bonds is 4. The molecule has 2 rings (SSSR count). The van der Waals surface area contributed by atoms with E-state index in [4.69, 9.17) is 0 Å². The summed E-state index contributed by atoms with van der Waals surface area (Å²) in [5.74, 6) is 0. The summed E-state index contributed by atoms with van der Waals surface area (Å²) in [6, 6.07) is 1.99. The minimum Gasteiger partial charge on any atom is -0.389 e. The van der Waals surface area contributed by atoms with E-state index in [0.29, 0.717) is 13.1 Å². The Morgan fingerprint density at radius 2 is 2.00 bits per heavy atom. The summed E-state index contributed by atoms with van der Waals surface area (Å²) < 4.78 is 1.95. The lowest BCUT2D eigenvalue weighted by Crippen LogP contribution is -2.42. The van der Waals surface area contributed by atoms with Crippen LogP contribution in [0.3, 0.4) is 0 Å². The number of aliphatic hydroxyl groups is 1.